The molecular formula is C8H15BO2. The monoisotopic (exact) mass is 154 g/mol. The first-order chi connectivity index (χ1) is 4.85. The summed E-state index contributed by atoms with van der Waals surface area (Å²) in [4.78, 5) is 0. The summed E-state index contributed by atoms with van der Waals surface area (Å²) in [5.41, 5.74) is -0.548. The minimum absolute atomic E-state index is 0.247. The van der Waals surface area contributed by atoms with Gasteiger partial charge >= 0.3 is 0 Å². The molecule has 1 fully saturated rings. The van der Waals surface area contributed by atoms with Gasteiger partial charge in [0, 0.05) is 6.00 Å². The molecule has 0 aliphatic carbocycles. The van der Waals surface area contributed by atoms with Crippen molar-refractivity contribution in [2.75, 3.05) is 6.61 Å². The van der Waals surface area contributed by atoms with E-state index in [1.54, 1.807) is 0 Å². The third-order valence-corrected chi connectivity index (χ3v) is 2.50. The van der Waals surface area contributed by atoms with Gasteiger partial charge in [0.05, 0.1) is 17.8 Å². The zero-order chi connectivity index (χ0) is 8.70. The van der Waals surface area contributed by atoms with E-state index in [2.05, 4.69) is 0 Å². The molecule has 0 aromatic heterocycles. The van der Waals surface area contributed by atoms with E-state index < -0.39 is 0 Å². The van der Waals surface area contributed by atoms with E-state index in [9.17, 15) is 0 Å². The first-order valence-corrected chi connectivity index (χ1v) is 3.92. The lowest BCUT2D eigenvalue weighted by molar-refractivity contribution is -0.243. The summed E-state index contributed by atoms with van der Waals surface area (Å²) in [5.74, 6) is 0. The summed E-state index contributed by atoms with van der Waals surface area (Å²) in [5, 5.41) is 0. The summed E-state index contributed by atoms with van der Waals surface area (Å²) in [6.07, 6.45) is 0. The Labute approximate surface area is 69.7 Å². The minimum atomic E-state index is -0.301. The highest BCUT2D eigenvalue weighted by atomic mass is 16.6. The maximum atomic E-state index is 5.58. The molecule has 0 N–H and O–H groups in total. The van der Waals surface area contributed by atoms with Gasteiger partial charge in [-0.3, -0.25) is 0 Å². The van der Waals surface area contributed by atoms with E-state index in [0.29, 0.717) is 6.61 Å². The molecule has 1 aliphatic heterocycles. The standard InChI is InChI=1S/C8H15BO2/c1-7(2)8(3,4)11-6(9)5-10-7/h6H,5H2,1-4H3. The fourth-order valence-corrected chi connectivity index (χ4v) is 1.02. The van der Waals surface area contributed by atoms with E-state index in [0.717, 1.165) is 0 Å². The molecular weight excluding hydrogens is 139 g/mol. The van der Waals surface area contributed by atoms with Crippen LogP contribution in [0.5, 0.6) is 0 Å². The molecule has 1 unspecified atom stereocenters. The zero-order valence-corrected chi connectivity index (χ0v) is 7.68. The predicted molar refractivity (Wildman–Crippen MR) is 44.7 cm³/mol. The van der Waals surface area contributed by atoms with Crippen LogP contribution in [-0.4, -0.2) is 31.7 Å². The maximum Gasteiger partial charge on any atom is 0.112 e. The van der Waals surface area contributed by atoms with E-state index in [4.69, 9.17) is 17.3 Å². The van der Waals surface area contributed by atoms with Crippen LogP contribution in [0, 0.1) is 0 Å². The summed E-state index contributed by atoms with van der Waals surface area (Å²) >= 11 is 0. The highest BCUT2D eigenvalue weighted by Gasteiger charge is 2.43. The fourth-order valence-electron chi connectivity index (χ4n) is 1.02. The summed E-state index contributed by atoms with van der Waals surface area (Å²) in [6.45, 7) is 8.49. The van der Waals surface area contributed by atoms with Gasteiger partial charge in [-0.1, -0.05) is 0 Å². The predicted octanol–water partition coefficient (Wildman–Crippen LogP) is 1.08. The lowest BCUT2D eigenvalue weighted by Crippen LogP contribution is -2.57. The van der Waals surface area contributed by atoms with Crippen molar-refractivity contribution >= 4 is 7.85 Å². The number of ether oxygens (including phenoxy) is 2. The van der Waals surface area contributed by atoms with Crippen LogP contribution in [0.15, 0.2) is 0 Å². The Bertz CT molecular complexity index is 154. The van der Waals surface area contributed by atoms with Crippen molar-refractivity contribution in [3.8, 4) is 0 Å². The maximum absolute atomic E-state index is 5.58. The molecule has 0 aromatic rings. The Kier molecular flexibility index (Phi) is 2.06. The molecule has 1 rings (SSSR count). The second-order valence-corrected chi connectivity index (χ2v) is 3.99. The van der Waals surface area contributed by atoms with Crippen LogP contribution in [0.25, 0.3) is 0 Å². The van der Waals surface area contributed by atoms with Crippen molar-refractivity contribution in [3.05, 3.63) is 0 Å². The average Bonchev–Trinajstić information content (AvgIpc) is 1.80. The van der Waals surface area contributed by atoms with Crippen LogP contribution in [0.2, 0.25) is 0 Å². The number of hydrogen-bond acceptors (Lipinski definition) is 2. The van der Waals surface area contributed by atoms with Crippen molar-refractivity contribution < 1.29 is 9.47 Å². The first kappa shape index (κ1) is 9.08. The molecule has 1 saturated heterocycles. The highest BCUT2D eigenvalue weighted by Crippen LogP contribution is 2.33. The normalized spacial score (nSPS) is 35.1. The van der Waals surface area contributed by atoms with E-state index in [1.165, 1.54) is 0 Å². The third-order valence-electron chi connectivity index (χ3n) is 2.50. The Balaban J connectivity index is 2.72. The van der Waals surface area contributed by atoms with Crippen LogP contribution in [0.1, 0.15) is 27.7 Å². The number of rotatable bonds is 0. The lowest BCUT2D eigenvalue weighted by atomic mass is 9.85. The Hall–Kier alpha value is -0.0151. The summed E-state index contributed by atoms with van der Waals surface area (Å²) in [6, 6.07) is -0.280. The second kappa shape index (κ2) is 2.49. The van der Waals surface area contributed by atoms with E-state index >= 15 is 0 Å². The third kappa shape index (κ3) is 1.59. The van der Waals surface area contributed by atoms with Crippen molar-refractivity contribution in [3.63, 3.8) is 0 Å². The van der Waals surface area contributed by atoms with Crippen molar-refractivity contribution in [1.29, 1.82) is 0 Å². The molecule has 2 radical (unpaired) electrons. The van der Waals surface area contributed by atoms with Gasteiger partial charge in [-0.05, 0) is 27.7 Å². The van der Waals surface area contributed by atoms with Gasteiger partial charge in [0.15, 0.2) is 0 Å². The molecule has 62 valence electrons. The zero-order valence-electron chi connectivity index (χ0n) is 7.68. The molecule has 0 spiro atoms. The number of hydrogen-bond donors (Lipinski definition) is 0. The highest BCUT2D eigenvalue weighted by molar-refractivity contribution is 6.11. The van der Waals surface area contributed by atoms with Crippen LogP contribution >= 0.6 is 0 Å². The summed E-state index contributed by atoms with van der Waals surface area (Å²) in [7, 11) is 5.58. The van der Waals surface area contributed by atoms with Gasteiger partial charge in [0.2, 0.25) is 0 Å². The van der Waals surface area contributed by atoms with E-state index in [1.807, 2.05) is 27.7 Å². The van der Waals surface area contributed by atoms with Gasteiger partial charge in [-0.15, -0.1) is 0 Å². The van der Waals surface area contributed by atoms with Crippen LogP contribution in [0.3, 0.4) is 0 Å². The van der Waals surface area contributed by atoms with E-state index in [-0.39, 0.29) is 17.2 Å². The molecule has 0 bridgehead atoms. The molecule has 0 aromatic carbocycles. The molecule has 1 atom stereocenters. The van der Waals surface area contributed by atoms with Gasteiger partial charge in [-0.25, -0.2) is 0 Å². The molecule has 2 nitrogen and oxygen atoms in total. The quantitative estimate of drug-likeness (QED) is 0.486. The Morgan fingerprint density at radius 3 is 2.09 bits per heavy atom. The molecule has 3 heteroatoms. The van der Waals surface area contributed by atoms with Crippen molar-refractivity contribution in [1.82, 2.24) is 0 Å². The Morgan fingerprint density at radius 2 is 1.73 bits per heavy atom. The van der Waals surface area contributed by atoms with Crippen LogP contribution in [-0.2, 0) is 9.47 Å². The average molecular weight is 154 g/mol. The Morgan fingerprint density at radius 1 is 1.18 bits per heavy atom. The second-order valence-electron chi connectivity index (χ2n) is 3.99. The van der Waals surface area contributed by atoms with Crippen molar-refractivity contribution in [2.24, 2.45) is 0 Å². The minimum Gasteiger partial charge on any atom is -0.377 e. The molecule has 1 aliphatic rings. The van der Waals surface area contributed by atoms with Crippen molar-refractivity contribution in [2.45, 2.75) is 44.9 Å². The molecule has 0 saturated carbocycles. The first-order valence-electron chi connectivity index (χ1n) is 3.92. The van der Waals surface area contributed by atoms with Crippen LogP contribution in [0.4, 0.5) is 0 Å². The molecule has 1 heterocycles. The van der Waals surface area contributed by atoms with Gasteiger partial charge < -0.3 is 9.47 Å². The van der Waals surface area contributed by atoms with Gasteiger partial charge in [0.25, 0.3) is 0 Å². The molecule has 11 heavy (non-hydrogen) atoms. The van der Waals surface area contributed by atoms with Gasteiger partial charge in [0.1, 0.15) is 7.85 Å². The smallest absolute Gasteiger partial charge is 0.112 e. The topological polar surface area (TPSA) is 18.5 Å². The fraction of sp³-hybridized carbons (Fsp3) is 1.00. The lowest BCUT2D eigenvalue weighted by Gasteiger charge is -2.47. The largest absolute Gasteiger partial charge is 0.377 e. The SMILES string of the molecule is [B]C1COC(C)(C)C(C)(C)O1. The summed E-state index contributed by atoms with van der Waals surface area (Å²) < 4.78 is 11.1. The van der Waals surface area contributed by atoms with Gasteiger partial charge in [-0.2, -0.15) is 0 Å². The van der Waals surface area contributed by atoms with Crippen LogP contribution < -0.4 is 0 Å². The molecule has 0 amide bonds.